The number of aliphatic hydroxyl groups is 1. The predicted molar refractivity (Wildman–Crippen MR) is 92.9 cm³/mol. The minimum absolute atomic E-state index is 0.120. The SMILES string of the molecule is CC1(O)CCC(NS(=O)(=O)c2ccc(-c3ccccn3)cc2)CC1. The Balaban J connectivity index is 1.71. The number of aromatic nitrogens is 1. The van der Waals surface area contributed by atoms with E-state index in [0.29, 0.717) is 25.7 Å². The van der Waals surface area contributed by atoms with Crippen molar-refractivity contribution < 1.29 is 13.5 Å². The van der Waals surface area contributed by atoms with Gasteiger partial charge in [0, 0.05) is 17.8 Å². The molecule has 128 valence electrons. The average molecular weight is 346 g/mol. The van der Waals surface area contributed by atoms with Crippen LogP contribution in [0, 0.1) is 0 Å². The van der Waals surface area contributed by atoms with Gasteiger partial charge in [-0.05, 0) is 56.9 Å². The van der Waals surface area contributed by atoms with Crippen LogP contribution in [0.25, 0.3) is 11.3 Å². The van der Waals surface area contributed by atoms with Crippen LogP contribution in [-0.4, -0.2) is 30.2 Å². The minimum atomic E-state index is -3.55. The predicted octanol–water partition coefficient (Wildman–Crippen LogP) is 2.72. The van der Waals surface area contributed by atoms with E-state index >= 15 is 0 Å². The number of pyridine rings is 1. The lowest BCUT2D eigenvalue weighted by Crippen LogP contribution is -2.42. The number of hydrogen-bond acceptors (Lipinski definition) is 4. The van der Waals surface area contributed by atoms with Gasteiger partial charge >= 0.3 is 0 Å². The Labute approximate surface area is 142 Å². The highest BCUT2D eigenvalue weighted by Gasteiger charge is 2.31. The molecule has 5 nitrogen and oxygen atoms in total. The van der Waals surface area contributed by atoms with Gasteiger partial charge in [0.05, 0.1) is 16.2 Å². The maximum Gasteiger partial charge on any atom is 0.240 e. The van der Waals surface area contributed by atoms with Crippen LogP contribution in [0.2, 0.25) is 0 Å². The van der Waals surface area contributed by atoms with Crippen molar-refractivity contribution in [2.45, 2.75) is 49.1 Å². The molecule has 0 bridgehead atoms. The number of nitrogens with one attached hydrogen (secondary N) is 1. The monoisotopic (exact) mass is 346 g/mol. The summed E-state index contributed by atoms with van der Waals surface area (Å²) in [5.41, 5.74) is 1.01. The molecule has 0 unspecified atom stereocenters. The van der Waals surface area contributed by atoms with E-state index in [-0.39, 0.29) is 10.9 Å². The molecule has 3 rings (SSSR count). The Hall–Kier alpha value is -1.76. The Morgan fingerprint density at radius 2 is 1.79 bits per heavy atom. The molecule has 1 aromatic carbocycles. The third-order valence-electron chi connectivity index (χ3n) is 4.51. The zero-order valence-electron chi connectivity index (χ0n) is 13.6. The number of benzene rings is 1. The molecule has 0 radical (unpaired) electrons. The van der Waals surface area contributed by atoms with Gasteiger partial charge in [0.2, 0.25) is 10.0 Å². The van der Waals surface area contributed by atoms with Crippen LogP contribution >= 0.6 is 0 Å². The summed E-state index contributed by atoms with van der Waals surface area (Å²) in [7, 11) is -3.55. The second-order valence-electron chi connectivity index (χ2n) is 6.63. The molecule has 1 aliphatic carbocycles. The third-order valence-corrected chi connectivity index (χ3v) is 6.05. The van der Waals surface area contributed by atoms with E-state index in [1.54, 1.807) is 37.4 Å². The first kappa shape index (κ1) is 17.1. The molecule has 1 aromatic heterocycles. The maximum atomic E-state index is 12.5. The van der Waals surface area contributed by atoms with E-state index in [9.17, 15) is 13.5 Å². The van der Waals surface area contributed by atoms with Gasteiger partial charge < -0.3 is 5.11 Å². The second-order valence-corrected chi connectivity index (χ2v) is 8.35. The Kier molecular flexibility index (Phi) is 4.71. The average Bonchev–Trinajstić information content (AvgIpc) is 2.58. The van der Waals surface area contributed by atoms with E-state index in [1.165, 1.54) is 0 Å². The van der Waals surface area contributed by atoms with Crippen molar-refractivity contribution in [2.24, 2.45) is 0 Å². The standard InChI is InChI=1S/C18H22N2O3S/c1-18(21)11-9-15(10-12-18)20-24(22,23)16-7-5-14(6-8-16)17-4-2-3-13-19-17/h2-8,13,15,20-21H,9-12H2,1H3. The van der Waals surface area contributed by atoms with E-state index in [0.717, 1.165) is 11.3 Å². The quantitative estimate of drug-likeness (QED) is 0.892. The maximum absolute atomic E-state index is 12.5. The summed E-state index contributed by atoms with van der Waals surface area (Å²) in [6.45, 7) is 1.80. The summed E-state index contributed by atoms with van der Waals surface area (Å²) < 4.78 is 27.8. The van der Waals surface area contributed by atoms with Gasteiger partial charge in [-0.2, -0.15) is 0 Å². The van der Waals surface area contributed by atoms with Gasteiger partial charge in [-0.1, -0.05) is 18.2 Å². The normalized spacial score (nSPS) is 24.7. The van der Waals surface area contributed by atoms with Gasteiger partial charge in [-0.25, -0.2) is 13.1 Å². The highest BCUT2D eigenvalue weighted by molar-refractivity contribution is 7.89. The molecule has 2 aromatic rings. The van der Waals surface area contributed by atoms with E-state index in [4.69, 9.17) is 0 Å². The molecule has 0 spiro atoms. The van der Waals surface area contributed by atoms with E-state index in [2.05, 4.69) is 9.71 Å². The molecule has 0 amide bonds. The summed E-state index contributed by atoms with van der Waals surface area (Å²) in [6.07, 6.45) is 4.23. The van der Waals surface area contributed by atoms with Gasteiger partial charge in [-0.3, -0.25) is 4.98 Å². The summed E-state index contributed by atoms with van der Waals surface area (Å²) in [5.74, 6) is 0. The number of nitrogens with zero attached hydrogens (tertiary/aromatic N) is 1. The number of rotatable bonds is 4. The fraction of sp³-hybridized carbons (Fsp3) is 0.389. The summed E-state index contributed by atoms with van der Waals surface area (Å²) >= 11 is 0. The lowest BCUT2D eigenvalue weighted by molar-refractivity contribution is 0.0163. The van der Waals surface area contributed by atoms with Crippen molar-refractivity contribution in [2.75, 3.05) is 0 Å². The van der Waals surface area contributed by atoms with Crippen molar-refractivity contribution in [3.05, 3.63) is 48.7 Å². The molecule has 24 heavy (non-hydrogen) atoms. The van der Waals surface area contributed by atoms with Gasteiger partial charge in [0.25, 0.3) is 0 Å². The topological polar surface area (TPSA) is 79.3 Å². The first-order valence-electron chi connectivity index (χ1n) is 8.12. The molecule has 0 atom stereocenters. The van der Waals surface area contributed by atoms with Gasteiger partial charge in [0.1, 0.15) is 0 Å². The van der Waals surface area contributed by atoms with Crippen LogP contribution in [-0.2, 0) is 10.0 Å². The Morgan fingerprint density at radius 1 is 1.12 bits per heavy atom. The minimum Gasteiger partial charge on any atom is -0.390 e. The van der Waals surface area contributed by atoms with Crippen LogP contribution in [0.1, 0.15) is 32.6 Å². The molecule has 6 heteroatoms. The van der Waals surface area contributed by atoms with Gasteiger partial charge in [0.15, 0.2) is 0 Å². The molecule has 1 fully saturated rings. The molecule has 0 saturated heterocycles. The molecule has 0 aliphatic heterocycles. The third kappa shape index (κ3) is 4.01. The number of sulfonamides is 1. The van der Waals surface area contributed by atoms with Crippen LogP contribution in [0.5, 0.6) is 0 Å². The van der Waals surface area contributed by atoms with Crippen LogP contribution in [0.4, 0.5) is 0 Å². The molecule has 1 heterocycles. The molecule has 1 saturated carbocycles. The number of hydrogen-bond donors (Lipinski definition) is 2. The highest BCUT2D eigenvalue weighted by atomic mass is 32.2. The zero-order chi connectivity index (χ0) is 17.2. The summed E-state index contributed by atoms with van der Waals surface area (Å²) in [5, 5.41) is 9.96. The largest absolute Gasteiger partial charge is 0.390 e. The first-order chi connectivity index (χ1) is 11.4. The molecular formula is C18H22N2O3S. The fourth-order valence-electron chi connectivity index (χ4n) is 2.98. The van der Waals surface area contributed by atoms with Gasteiger partial charge in [-0.15, -0.1) is 0 Å². The van der Waals surface area contributed by atoms with Crippen molar-refractivity contribution in [3.63, 3.8) is 0 Å². The Morgan fingerprint density at radius 3 is 2.38 bits per heavy atom. The first-order valence-corrected chi connectivity index (χ1v) is 9.60. The zero-order valence-corrected chi connectivity index (χ0v) is 14.5. The van der Waals surface area contributed by atoms with Crippen LogP contribution in [0.3, 0.4) is 0 Å². The Bertz CT molecular complexity index is 777. The smallest absolute Gasteiger partial charge is 0.240 e. The van der Waals surface area contributed by atoms with E-state index < -0.39 is 15.6 Å². The molecular weight excluding hydrogens is 324 g/mol. The second kappa shape index (κ2) is 6.63. The fourth-order valence-corrected chi connectivity index (χ4v) is 4.29. The lowest BCUT2D eigenvalue weighted by atomic mass is 9.84. The van der Waals surface area contributed by atoms with Crippen LogP contribution < -0.4 is 4.72 Å². The highest BCUT2D eigenvalue weighted by Crippen LogP contribution is 2.28. The summed E-state index contributed by atoms with van der Waals surface area (Å²) in [6, 6.07) is 12.2. The van der Waals surface area contributed by atoms with E-state index in [1.807, 2.05) is 18.2 Å². The van der Waals surface area contributed by atoms with Crippen molar-refractivity contribution in [3.8, 4) is 11.3 Å². The lowest BCUT2D eigenvalue weighted by Gasteiger charge is -2.33. The van der Waals surface area contributed by atoms with Crippen molar-refractivity contribution >= 4 is 10.0 Å². The van der Waals surface area contributed by atoms with Crippen molar-refractivity contribution in [1.29, 1.82) is 0 Å². The molecule has 2 N–H and O–H groups in total. The molecule has 1 aliphatic rings. The summed E-state index contributed by atoms with van der Waals surface area (Å²) in [4.78, 5) is 4.51. The van der Waals surface area contributed by atoms with Crippen LogP contribution in [0.15, 0.2) is 53.6 Å². The van der Waals surface area contributed by atoms with Crippen molar-refractivity contribution in [1.82, 2.24) is 9.71 Å².